The number of carbonyl (C=O) groups is 2. The molecule has 31 heavy (non-hydrogen) atoms. The van der Waals surface area contributed by atoms with Gasteiger partial charge in [-0.2, -0.15) is 5.10 Å². The van der Waals surface area contributed by atoms with Crippen LogP contribution >= 0.6 is 0 Å². The van der Waals surface area contributed by atoms with Crippen molar-refractivity contribution in [3.63, 3.8) is 0 Å². The summed E-state index contributed by atoms with van der Waals surface area (Å²) in [4.78, 5) is 25.6. The number of anilines is 1. The van der Waals surface area contributed by atoms with Crippen LogP contribution in [0.5, 0.6) is 5.75 Å². The summed E-state index contributed by atoms with van der Waals surface area (Å²) in [5.41, 5.74) is 3.76. The molecule has 0 unspecified atom stereocenters. The number of fused-ring (bicyclic) bond motifs is 1. The SMILES string of the molecule is CC[C@H](OC(=O)c1nn(-c2ccccc2)c2c1CCC2)C(=O)Nc1ccc(OC)cc1. The predicted octanol–water partition coefficient (Wildman–Crippen LogP) is 3.94. The van der Waals surface area contributed by atoms with E-state index in [1.807, 2.05) is 35.0 Å². The topological polar surface area (TPSA) is 82.5 Å². The summed E-state index contributed by atoms with van der Waals surface area (Å²) < 4.78 is 12.5. The highest BCUT2D eigenvalue weighted by Crippen LogP contribution is 2.28. The predicted molar refractivity (Wildman–Crippen MR) is 117 cm³/mol. The fraction of sp³-hybridized carbons (Fsp3) is 0.292. The third-order valence-electron chi connectivity index (χ3n) is 5.39. The fourth-order valence-electron chi connectivity index (χ4n) is 3.79. The molecule has 2 aromatic carbocycles. The number of benzene rings is 2. The van der Waals surface area contributed by atoms with Crippen LogP contribution in [0.1, 0.15) is 41.5 Å². The number of para-hydroxylation sites is 1. The lowest BCUT2D eigenvalue weighted by atomic mass is 10.2. The largest absolute Gasteiger partial charge is 0.497 e. The van der Waals surface area contributed by atoms with E-state index in [0.29, 0.717) is 23.6 Å². The van der Waals surface area contributed by atoms with Crippen molar-refractivity contribution in [3.8, 4) is 11.4 Å². The van der Waals surface area contributed by atoms with Gasteiger partial charge in [-0.1, -0.05) is 25.1 Å². The number of nitrogens with one attached hydrogen (secondary N) is 1. The molecule has 1 atom stereocenters. The van der Waals surface area contributed by atoms with E-state index in [1.165, 1.54) is 0 Å². The number of rotatable bonds is 7. The van der Waals surface area contributed by atoms with Crippen molar-refractivity contribution in [2.24, 2.45) is 0 Å². The van der Waals surface area contributed by atoms with Crippen molar-refractivity contribution in [1.82, 2.24) is 9.78 Å². The molecule has 1 aliphatic carbocycles. The number of nitrogens with zero attached hydrogens (tertiary/aromatic N) is 2. The molecule has 0 aliphatic heterocycles. The van der Waals surface area contributed by atoms with Crippen molar-refractivity contribution in [3.05, 3.63) is 71.5 Å². The van der Waals surface area contributed by atoms with Gasteiger partial charge in [0, 0.05) is 16.9 Å². The molecule has 7 nitrogen and oxygen atoms in total. The maximum absolute atomic E-state index is 13.0. The number of methoxy groups -OCH3 is 1. The minimum absolute atomic E-state index is 0.298. The summed E-state index contributed by atoms with van der Waals surface area (Å²) in [5, 5.41) is 7.34. The Hall–Kier alpha value is -3.61. The van der Waals surface area contributed by atoms with Gasteiger partial charge in [0.25, 0.3) is 5.91 Å². The molecule has 0 saturated heterocycles. The zero-order valence-electron chi connectivity index (χ0n) is 17.6. The molecule has 0 fully saturated rings. The number of ether oxygens (including phenoxy) is 2. The maximum Gasteiger partial charge on any atom is 0.359 e. The molecule has 1 aromatic heterocycles. The average molecular weight is 419 g/mol. The van der Waals surface area contributed by atoms with E-state index in [1.54, 1.807) is 38.3 Å². The number of hydrogen-bond donors (Lipinski definition) is 1. The zero-order valence-corrected chi connectivity index (χ0v) is 17.6. The second-order valence-electron chi connectivity index (χ2n) is 7.39. The first-order valence-corrected chi connectivity index (χ1v) is 10.4. The van der Waals surface area contributed by atoms with Crippen LogP contribution in [0.2, 0.25) is 0 Å². The number of hydrogen-bond acceptors (Lipinski definition) is 5. The Morgan fingerprint density at radius 1 is 1.10 bits per heavy atom. The lowest BCUT2D eigenvalue weighted by Crippen LogP contribution is -2.32. The van der Waals surface area contributed by atoms with Crippen LogP contribution in [-0.4, -0.2) is 34.9 Å². The number of carbonyl (C=O) groups excluding carboxylic acids is 2. The molecular formula is C24H25N3O4. The molecule has 1 aliphatic rings. The highest BCUT2D eigenvalue weighted by molar-refractivity contribution is 5.97. The van der Waals surface area contributed by atoms with E-state index < -0.39 is 12.1 Å². The third-order valence-corrected chi connectivity index (χ3v) is 5.39. The minimum atomic E-state index is -0.909. The molecule has 0 saturated carbocycles. The smallest absolute Gasteiger partial charge is 0.359 e. The first kappa shape index (κ1) is 20.7. The van der Waals surface area contributed by atoms with Crippen molar-refractivity contribution in [1.29, 1.82) is 0 Å². The van der Waals surface area contributed by atoms with Gasteiger partial charge in [0.2, 0.25) is 0 Å². The van der Waals surface area contributed by atoms with E-state index >= 15 is 0 Å². The average Bonchev–Trinajstić information content (AvgIpc) is 3.41. The Morgan fingerprint density at radius 2 is 1.84 bits per heavy atom. The molecule has 1 heterocycles. The molecule has 160 valence electrons. The summed E-state index contributed by atoms with van der Waals surface area (Å²) in [6.07, 6.45) is 2.06. The third kappa shape index (κ3) is 4.30. The monoisotopic (exact) mass is 419 g/mol. The molecule has 3 aromatic rings. The minimum Gasteiger partial charge on any atom is -0.497 e. The zero-order chi connectivity index (χ0) is 21.8. The Labute approximate surface area is 181 Å². The van der Waals surface area contributed by atoms with Gasteiger partial charge in [0.05, 0.1) is 12.8 Å². The van der Waals surface area contributed by atoms with Gasteiger partial charge in [-0.3, -0.25) is 4.79 Å². The number of esters is 1. The van der Waals surface area contributed by atoms with Crippen LogP contribution in [0.3, 0.4) is 0 Å². The van der Waals surface area contributed by atoms with E-state index in [-0.39, 0.29) is 5.91 Å². The van der Waals surface area contributed by atoms with Crippen molar-refractivity contribution < 1.29 is 19.1 Å². The molecule has 0 radical (unpaired) electrons. The van der Waals surface area contributed by atoms with Gasteiger partial charge in [-0.05, 0) is 62.1 Å². The Bertz CT molecular complexity index is 1070. The summed E-state index contributed by atoms with van der Waals surface area (Å²) in [6, 6.07) is 16.7. The molecule has 7 heteroatoms. The van der Waals surface area contributed by atoms with Crippen LogP contribution in [0.25, 0.3) is 5.69 Å². The van der Waals surface area contributed by atoms with Crippen LogP contribution in [0.4, 0.5) is 5.69 Å². The van der Waals surface area contributed by atoms with E-state index in [4.69, 9.17) is 9.47 Å². The fourth-order valence-corrected chi connectivity index (χ4v) is 3.79. The summed E-state index contributed by atoms with van der Waals surface area (Å²) in [7, 11) is 1.58. The van der Waals surface area contributed by atoms with Gasteiger partial charge in [-0.25, -0.2) is 9.48 Å². The van der Waals surface area contributed by atoms with Gasteiger partial charge in [-0.15, -0.1) is 0 Å². The van der Waals surface area contributed by atoms with Crippen molar-refractivity contribution in [2.75, 3.05) is 12.4 Å². The summed E-state index contributed by atoms with van der Waals surface area (Å²) >= 11 is 0. The van der Waals surface area contributed by atoms with Crippen LogP contribution < -0.4 is 10.1 Å². The number of aromatic nitrogens is 2. The highest BCUT2D eigenvalue weighted by Gasteiger charge is 2.30. The Balaban J connectivity index is 1.50. The van der Waals surface area contributed by atoms with E-state index in [0.717, 1.165) is 36.2 Å². The summed E-state index contributed by atoms with van der Waals surface area (Å²) in [5.74, 6) is -0.246. The first-order chi connectivity index (χ1) is 15.1. The molecule has 4 rings (SSSR count). The Kier molecular flexibility index (Phi) is 6.02. The molecular weight excluding hydrogens is 394 g/mol. The molecule has 1 amide bonds. The molecule has 0 spiro atoms. The Morgan fingerprint density at radius 3 is 2.52 bits per heavy atom. The van der Waals surface area contributed by atoms with Gasteiger partial charge < -0.3 is 14.8 Å². The van der Waals surface area contributed by atoms with Crippen LogP contribution in [0, 0.1) is 0 Å². The van der Waals surface area contributed by atoms with Gasteiger partial charge in [0.15, 0.2) is 11.8 Å². The second kappa shape index (κ2) is 9.04. The first-order valence-electron chi connectivity index (χ1n) is 10.4. The van der Waals surface area contributed by atoms with Gasteiger partial charge in [0.1, 0.15) is 5.75 Å². The molecule has 1 N–H and O–H groups in total. The highest BCUT2D eigenvalue weighted by atomic mass is 16.5. The maximum atomic E-state index is 13.0. The van der Waals surface area contributed by atoms with Crippen LogP contribution in [-0.2, 0) is 22.4 Å². The molecule has 0 bridgehead atoms. The van der Waals surface area contributed by atoms with E-state index in [2.05, 4.69) is 10.4 Å². The van der Waals surface area contributed by atoms with Crippen LogP contribution in [0.15, 0.2) is 54.6 Å². The quantitative estimate of drug-likeness (QED) is 0.587. The van der Waals surface area contributed by atoms with Gasteiger partial charge >= 0.3 is 5.97 Å². The lowest BCUT2D eigenvalue weighted by molar-refractivity contribution is -0.124. The standard InChI is InChI=1S/C24H25N3O4/c1-3-21(23(28)25-16-12-14-18(30-2)15-13-16)31-24(29)22-19-10-7-11-20(19)27(26-22)17-8-5-4-6-9-17/h4-6,8-9,12-15,21H,3,7,10-11H2,1-2H3,(H,25,28)/t21-/m0/s1. The van der Waals surface area contributed by atoms with E-state index in [9.17, 15) is 9.59 Å². The number of amides is 1. The van der Waals surface area contributed by atoms with Crippen molar-refractivity contribution in [2.45, 2.75) is 38.7 Å². The normalized spacial score (nSPS) is 13.4. The van der Waals surface area contributed by atoms with Crippen molar-refractivity contribution >= 4 is 17.6 Å². The summed E-state index contributed by atoms with van der Waals surface area (Å²) in [6.45, 7) is 1.80. The lowest BCUT2D eigenvalue weighted by Gasteiger charge is -2.16. The second-order valence-corrected chi connectivity index (χ2v) is 7.39.